The Morgan fingerprint density at radius 3 is 3.04 bits per heavy atom. The lowest BCUT2D eigenvalue weighted by atomic mass is 10.0. The molecule has 2 aromatic carbocycles. The summed E-state index contributed by atoms with van der Waals surface area (Å²) in [5.74, 6) is 0.0168. The molecule has 1 saturated heterocycles. The average molecular weight is 396 g/mol. The van der Waals surface area contributed by atoms with Crippen molar-refractivity contribution in [3.8, 4) is 0 Å². The first kappa shape index (κ1) is 16.6. The van der Waals surface area contributed by atoms with Crippen LogP contribution in [-0.2, 0) is 0 Å². The van der Waals surface area contributed by atoms with Crippen LogP contribution in [0.25, 0.3) is 21.3 Å². The number of hydrogen-bond donors (Lipinski definition) is 1. The van der Waals surface area contributed by atoms with E-state index < -0.39 is 0 Å². The van der Waals surface area contributed by atoms with E-state index in [0.717, 1.165) is 46.5 Å². The monoisotopic (exact) mass is 395 g/mol. The fourth-order valence-corrected chi connectivity index (χ4v) is 5.02. The SMILES string of the molecule is O=C(c1ccc2[nH]c(=S)oc2c1)N1CCCCC1c1nc2ccccc2s1. The number of para-hydroxylation sites is 1. The average Bonchev–Trinajstić information content (AvgIpc) is 3.29. The van der Waals surface area contributed by atoms with Crippen LogP contribution in [0.4, 0.5) is 0 Å². The summed E-state index contributed by atoms with van der Waals surface area (Å²) < 4.78 is 6.64. The van der Waals surface area contributed by atoms with E-state index in [9.17, 15) is 4.79 Å². The van der Waals surface area contributed by atoms with Gasteiger partial charge in [0.15, 0.2) is 5.58 Å². The summed E-state index contributed by atoms with van der Waals surface area (Å²) in [6.07, 6.45) is 3.06. The summed E-state index contributed by atoms with van der Waals surface area (Å²) in [7, 11) is 0. The van der Waals surface area contributed by atoms with Crippen molar-refractivity contribution in [2.45, 2.75) is 25.3 Å². The maximum atomic E-state index is 13.3. The molecule has 2 aromatic heterocycles. The number of fused-ring (bicyclic) bond motifs is 2. The van der Waals surface area contributed by atoms with Crippen LogP contribution in [0.1, 0.15) is 40.7 Å². The number of piperidine rings is 1. The first-order valence-corrected chi connectivity index (χ1v) is 10.2. The topological polar surface area (TPSA) is 62.1 Å². The molecule has 1 aliphatic heterocycles. The summed E-state index contributed by atoms with van der Waals surface area (Å²) in [6, 6.07) is 13.6. The van der Waals surface area contributed by atoms with Gasteiger partial charge in [0.2, 0.25) is 0 Å². The normalized spacial score (nSPS) is 17.6. The molecule has 4 aromatic rings. The van der Waals surface area contributed by atoms with Gasteiger partial charge in [-0.1, -0.05) is 12.1 Å². The zero-order valence-electron chi connectivity index (χ0n) is 14.5. The zero-order valence-corrected chi connectivity index (χ0v) is 16.1. The van der Waals surface area contributed by atoms with Gasteiger partial charge in [-0.3, -0.25) is 4.79 Å². The molecule has 0 radical (unpaired) electrons. The van der Waals surface area contributed by atoms with Crippen molar-refractivity contribution >= 4 is 50.8 Å². The van der Waals surface area contributed by atoms with E-state index in [4.69, 9.17) is 21.6 Å². The second-order valence-corrected chi connectivity index (χ2v) is 8.19. The van der Waals surface area contributed by atoms with Crippen molar-refractivity contribution in [1.82, 2.24) is 14.9 Å². The Morgan fingerprint density at radius 2 is 2.15 bits per heavy atom. The maximum Gasteiger partial charge on any atom is 0.266 e. The van der Waals surface area contributed by atoms with E-state index >= 15 is 0 Å². The summed E-state index contributed by atoms with van der Waals surface area (Å²) >= 11 is 6.72. The van der Waals surface area contributed by atoms with E-state index in [2.05, 4.69) is 11.1 Å². The largest absolute Gasteiger partial charge is 0.429 e. The molecule has 27 heavy (non-hydrogen) atoms. The number of H-pyrrole nitrogens is 1. The fraction of sp³-hybridized carbons (Fsp3) is 0.250. The minimum Gasteiger partial charge on any atom is -0.429 e. The molecule has 1 N–H and O–H groups in total. The number of carbonyl (C=O) groups is 1. The molecular formula is C20H17N3O2S2. The van der Waals surface area contributed by atoms with Gasteiger partial charge < -0.3 is 14.3 Å². The van der Waals surface area contributed by atoms with Gasteiger partial charge in [0, 0.05) is 12.1 Å². The number of aromatic nitrogens is 2. The van der Waals surface area contributed by atoms with Gasteiger partial charge in [-0.15, -0.1) is 11.3 Å². The zero-order chi connectivity index (χ0) is 18.4. The van der Waals surface area contributed by atoms with Gasteiger partial charge in [0.25, 0.3) is 10.7 Å². The highest BCUT2D eigenvalue weighted by Crippen LogP contribution is 2.36. The lowest BCUT2D eigenvalue weighted by Gasteiger charge is -2.34. The standard InChI is InChI=1S/C20H17N3O2S2/c24-19(12-8-9-13-16(11-12)25-20(26)22-13)23-10-4-3-6-15(23)18-21-14-5-1-2-7-17(14)27-18/h1-2,5,7-9,11,15H,3-4,6,10H2,(H,22,26). The van der Waals surface area contributed by atoms with E-state index in [1.807, 2.05) is 35.2 Å². The van der Waals surface area contributed by atoms with Crippen molar-refractivity contribution in [3.63, 3.8) is 0 Å². The third kappa shape index (κ3) is 2.96. The molecule has 1 atom stereocenters. The molecule has 1 amide bonds. The highest BCUT2D eigenvalue weighted by molar-refractivity contribution is 7.71. The lowest BCUT2D eigenvalue weighted by Crippen LogP contribution is -2.38. The van der Waals surface area contributed by atoms with Crippen LogP contribution in [-0.4, -0.2) is 27.3 Å². The first-order chi connectivity index (χ1) is 13.2. The van der Waals surface area contributed by atoms with Crippen molar-refractivity contribution in [2.24, 2.45) is 0 Å². The molecule has 1 fully saturated rings. The van der Waals surface area contributed by atoms with Crippen LogP contribution in [0.3, 0.4) is 0 Å². The number of rotatable bonds is 2. The summed E-state index contributed by atoms with van der Waals surface area (Å²) in [5, 5.41) is 1.02. The van der Waals surface area contributed by atoms with Crippen LogP contribution in [0.5, 0.6) is 0 Å². The van der Waals surface area contributed by atoms with Crippen molar-refractivity contribution in [1.29, 1.82) is 0 Å². The second kappa shape index (κ2) is 6.58. The number of benzene rings is 2. The van der Waals surface area contributed by atoms with Gasteiger partial charge >= 0.3 is 0 Å². The van der Waals surface area contributed by atoms with Crippen molar-refractivity contribution in [2.75, 3.05) is 6.54 Å². The van der Waals surface area contributed by atoms with Crippen molar-refractivity contribution in [3.05, 3.63) is 57.9 Å². The molecule has 1 unspecified atom stereocenters. The Hall–Kier alpha value is -2.51. The van der Waals surface area contributed by atoms with Crippen molar-refractivity contribution < 1.29 is 9.21 Å². The molecule has 0 saturated carbocycles. The van der Waals surface area contributed by atoms with E-state index in [0.29, 0.717) is 16.0 Å². The summed E-state index contributed by atoms with van der Waals surface area (Å²) in [6.45, 7) is 0.744. The van der Waals surface area contributed by atoms with E-state index in [-0.39, 0.29) is 11.9 Å². The minimum absolute atomic E-state index is 0.0168. The number of nitrogens with zero attached hydrogens (tertiary/aromatic N) is 2. The number of amides is 1. The number of likely N-dealkylation sites (tertiary alicyclic amines) is 1. The quantitative estimate of drug-likeness (QED) is 0.457. The third-order valence-electron chi connectivity index (χ3n) is 5.03. The Labute approximate surface area is 164 Å². The first-order valence-electron chi connectivity index (χ1n) is 8.98. The van der Waals surface area contributed by atoms with Crippen LogP contribution in [0.15, 0.2) is 46.9 Å². The third-order valence-corrected chi connectivity index (χ3v) is 6.35. The van der Waals surface area contributed by atoms with Gasteiger partial charge in [-0.05, 0) is 61.8 Å². The maximum absolute atomic E-state index is 13.3. The van der Waals surface area contributed by atoms with Crippen LogP contribution in [0, 0.1) is 4.84 Å². The number of hydrogen-bond acceptors (Lipinski definition) is 5. The Balaban J connectivity index is 1.51. The Kier molecular flexibility index (Phi) is 4.06. The Morgan fingerprint density at radius 1 is 1.26 bits per heavy atom. The molecule has 0 spiro atoms. The van der Waals surface area contributed by atoms with Gasteiger partial charge in [-0.25, -0.2) is 4.98 Å². The summed E-state index contributed by atoms with van der Waals surface area (Å²) in [5.41, 5.74) is 3.03. The highest BCUT2D eigenvalue weighted by atomic mass is 32.1. The molecule has 5 nitrogen and oxygen atoms in total. The predicted octanol–water partition coefficient (Wildman–Crippen LogP) is 5.47. The number of oxazole rings is 1. The second-order valence-electron chi connectivity index (χ2n) is 6.76. The lowest BCUT2D eigenvalue weighted by molar-refractivity contribution is 0.0611. The van der Waals surface area contributed by atoms with Crippen LogP contribution >= 0.6 is 23.6 Å². The molecule has 0 aliphatic carbocycles. The van der Waals surface area contributed by atoms with Gasteiger partial charge in [0.05, 0.1) is 21.8 Å². The molecule has 136 valence electrons. The molecule has 7 heteroatoms. The van der Waals surface area contributed by atoms with Crippen LogP contribution in [0.2, 0.25) is 0 Å². The number of thiazole rings is 1. The smallest absolute Gasteiger partial charge is 0.266 e. The van der Waals surface area contributed by atoms with Crippen LogP contribution < -0.4 is 0 Å². The summed E-state index contributed by atoms with van der Waals surface area (Å²) in [4.78, 5) is 23.3. The van der Waals surface area contributed by atoms with E-state index in [1.54, 1.807) is 17.4 Å². The van der Waals surface area contributed by atoms with Gasteiger partial charge in [-0.2, -0.15) is 0 Å². The van der Waals surface area contributed by atoms with Gasteiger partial charge in [0.1, 0.15) is 5.01 Å². The molecule has 1 aliphatic rings. The molecular weight excluding hydrogens is 378 g/mol. The molecule has 5 rings (SSSR count). The minimum atomic E-state index is 0.0168. The number of aromatic amines is 1. The molecule has 3 heterocycles. The highest BCUT2D eigenvalue weighted by Gasteiger charge is 2.31. The fourth-order valence-electron chi connectivity index (χ4n) is 3.71. The predicted molar refractivity (Wildman–Crippen MR) is 109 cm³/mol. The van der Waals surface area contributed by atoms with E-state index in [1.165, 1.54) is 0 Å². The number of nitrogens with one attached hydrogen (secondary N) is 1. The Bertz CT molecular complexity index is 1170. The number of carbonyl (C=O) groups excluding carboxylic acids is 1. The molecule has 0 bridgehead atoms.